The van der Waals surface area contributed by atoms with E-state index in [0.29, 0.717) is 41.3 Å². The second kappa shape index (κ2) is 10.1. The number of hydrogen-bond donors (Lipinski definition) is 1. The van der Waals surface area contributed by atoms with Crippen LogP contribution in [0.4, 0.5) is 5.69 Å². The Kier molecular flexibility index (Phi) is 7.22. The molecule has 1 saturated heterocycles. The summed E-state index contributed by atoms with van der Waals surface area (Å²) in [6.45, 7) is 4.99. The van der Waals surface area contributed by atoms with E-state index >= 15 is 0 Å². The van der Waals surface area contributed by atoms with Crippen molar-refractivity contribution in [2.75, 3.05) is 18.4 Å². The lowest BCUT2D eigenvalue weighted by Gasteiger charge is -2.17. The molecule has 176 valence electrons. The molecule has 2 aromatic carbocycles. The summed E-state index contributed by atoms with van der Waals surface area (Å²) in [5, 5.41) is 13.1. The molecule has 1 aliphatic heterocycles. The van der Waals surface area contributed by atoms with Crippen LogP contribution in [0.5, 0.6) is 0 Å². The molecule has 1 aliphatic rings. The predicted octanol–water partition coefficient (Wildman–Crippen LogP) is 4.71. The van der Waals surface area contributed by atoms with Crippen LogP contribution in [0.2, 0.25) is 0 Å². The van der Waals surface area contributed by atoms with Gasteiger partial charge in [-0.2, -0.15) is 9.57 Å². The maximum atomic E-state index is 12.9. The Morgan fingerprint density at radius 3 is 2.68 bits per heavy atom. The molecule has 0 spiro atoms. The molecule has 1 aromatic heterocycles. The monoisotopic (exact) mass is 494 g/mol. The summed E-state index contributed by atoms with van der Waals surface area (Å²) >= 11 is 1.37. The Labute approximate surface area is 204 Å². The number of nitriles is 1. The lowest BCUT2D eigenvalue weighted by molar-refractivity contribution is -0.115. The minimum absolute atomic E-state index is 0.158. The van der Waals surface area contributed by atoms with E-state index in [1.807, 2.05) is 19.9 Å². The molecule has 2 heterocycles. The van der Waals surface area contributed by atoms with Crippen molar-refractivity contribution in [3.05, 3.63) is 59.7 Å². The van der Waals surface area contributed by atoms with E-state index in [2.05, 4.69) is 11.4 Å². The molecule has 1 amide bonds. The summed E-state index contributed by atoms with van der Waals surface area (Å²) < 4.78 is 27.4. The average Bonchev–Trinajstić information content (AvgIpc) is 3.38. The van der Waals surface area contributed by atoms with Crippen molar-refractivity contribution in [1.29, 1.82) is 5.26 Å². The number of hydrogen-bond acceptors (Lipinski definition) is 6. The van der Waals surface area contributed by atoms with Gasteiger partial charge >= 0.3 is 0 Å². The van der Waals surface area contributed by atoms with Crippen LogP contribution < -0.4 is 5.32 Å². The third-order valence-corrected chi connectivity index (χ3v) is 9.03. The first kappa shape index (κ1) is 24.2. The van der Waals surface area contributed by atoms with E-state index in [9.17, 15) is 13.2 Å². The minimum Gasteiger partial charge on any atom is -0.325 e. The molecule has 0 bridgehead atoms. The summed E-state index contributed by atoms with van der Waals surface area (Å²) in [5.41, 5.74) is 2.66. The molecule has 1 unspecified atom stereocenters. The van der Waals surface area contributed by atoms with Crippen LogP contribution in [0.3, 0.4) is 0 Å². The summed E-state index contributed by atoms with van der Waals surface area (Å²) in [6.07, 6.45) is 2.38. The first-order valence-corrected chi connectivity index (χ1v) is 13.5. The van der Waals surface area contributed by atoms with Gasteiger partial charge in [-0.1, -0.05) is 24.8 Å². The minimum atomic E-state index is -3.50. The van der Waals surface area contributed by atoms with Crippen LogP contribution >= 0.6 is 11.8 Å². The van der Waals surface area contributed by atoms with Gasteiger partial charge in [-0.3, -0.25) is 4.79 Å². The quantitative estimate of drug-likeness (QED) is 0.477. The number of carbonyl (C=O) groups is 1. The second-order valence-corrected chi connectivity index (χ2v) is 11.4. The van der Waals surface area contributed by atoms with Crippen molar-refractivity contribution < 1.29 is 13.2 Å². The Balaban J connectivity index is 1.55. The number of aryl methyl sites for hydroxylation is 1. The highest BCUT2D eigenvalue weighted by Gasteiger charge is 2.27. The number of fused-ring (bicyclic) bond motifs is 1. The molecular weight excluding hydrogens is 468 g/mol. The molecule has 1 fully saturated rings. The zero-order chi connectivity index (χ0) is 24.3. The van der Waals surface area contributed by atoms with Gasteiger partial charge in [0.1, 0.15) is 0 Å². The number of benzene rings is 2. The topological polar surface area (TPSA) is 103 Å². The lowest BCUT2D eigenvalue weighted by atomic mass is 10.1. The van der Waals surface area contributed by atoms with Crippen LogP contribution in [0, 0.1) is 18.3 Å². The molecule has 3 aromatic rings. The Morgan fingerprint density at radius 2 is 1.97 bits per heavy atom. The van der Waals surface area contributed by atoms with Gasteiger partial charge in [0.25, 0.3) is 0 Å². The fraction of sp³-hybridized carbons (Fsp3) is 0.320. The first-order chi connectivity index (χ1) is 16.3. The fourth-order valence-electron chi connectivity index (χ4n) is 4.00. The summed E-state index contributed by atoms with van der Waals surface area (Å²) in [4.78, 5) is 17.8. The number of amides is 1. The summed E-state index contributed by atoms with van der Waals surface area (Å²) in [6, 6.07) is 15.8. The molecule has 1 N–H and O–H groups in total. The molecule has 7 nitrogen and oxygen atoms in total. The summed E-state index contributed by atoms with van der Waals surface area (Å²) in [5.74, 6) is -0.158. The smallest absolute Gasteiger partial charge is 0.243 e. The number of sulfonamides is 1. The average molecular weight is 495 g/mol. The largest absolute Gasteiger partial charge is 0.325 e. The molecule has 1 atom stereocenters. The van der Waals surface area contributed by atoms with Gasteiger partial charge in [-0.05, 0) is 74.2 Å². The van der Waals surface area contributed by atoms with Gasteiger partial charge in [0.2, 0.25) is 15.9 Å². The van der Waals surface area contributed by atoms with Crippen LogP contribution in [0.15, 0.2) is 58.5 Å². The van der Waals surface area contributed by atoms with Gasteiger partial charge in [-0.15, -0.1) is 0 Å². The Bertz CT molecular complexity index is 1380. The molecule has 0 radical (unpaired) electrons. The normalized spacial score (nSPS) is 15.2. The molecular formula is C25H26N4O3S2. The zero-order valence-electron chi connectivity index (χ0n) is 19.1. The van der Waals surface area contributed by atoms with E-state index in [1.165, 1.54) is 16.1 Å². The molecule has 34 heavy (non-hydrogen) atoms. The Morgan fingerprint density at radius 1 is 1.21 bits per heavy atom. The third-order valence-electron chi connectivity index (χ3n) is 5.85. The fourth-order valence-corrected chi connectivity index (χ4v) is 6.56. The number of pyridine rings is 1. The number of carbonyl (C=O) groups excluding carboxylic acids is 1. The second-order valence-electron chi connectivity index (χ2n) is 8.26. The van der Waals surface area contributed by atoms with Crippen LogP contribution in [-0.4, -0.2) is 42.0 Å². The van der Waals surface area contributed by atoms with E-state index in [4.69, 9.17) is 10.2 Å². The van der Waals surface area contributed by atoms with Gasteiger partial charge in [0.15, 0.2) is 0 Å². The Hall–Kier alpha value is -2.93. The van der Waals surface area contributed by atoms with E-state index < -0.39 is 10.0 Å². The maximum Gasteiger partial charge on any atom is 0.243 e. The highest BCUT2D eigenvalue weighted by molar-refractivity contribution is 8.00. The van der Waals surface area contributed by atoms with Gasteiger partial charge in [-0.25, -0.2) is 13.4 Å². The highest BCUT2D eigenvalue weighted by atomic mass is 32.2. The highest BCUT2D eigenvalue weighted by Crippen LogP contribution is 2.31. The van der Waals surface area contributed by atoms with Crippen molar-refractivity contribution in [2.45, 2.75) is 48.3 Å². The van der Waals surface area contributed by atoms with Crippen molar-refractivity contribution >= 4 is 44.3 Å². The lowest BCUT2D eigenvalue weighted by Crippen LogP contribution is -2.27. The van der Waals surface area contributed by atoms with Crippen molar-refractivity contribution in [2.24, 2.45) is 0 Å². The SMILES string of the molecule is CCC(Sc1cc(C)c2cc(S(=O)(=O)N3CCCC3)ccc2n1)C(=O)Nc1cccc(C#N)c1. The third kappa shape index (κ3) is 5.09. The predicted molar refractivity (Wildman–Crippen MR) is 134 cm³/mol. The van der Waals surface area contributed by atoms with E-state index in [-0.39, 0.29) is 16.1 Å². The van der Waals surface area contributed by atoms with Crippen molar-refractivity contribution in [3.8, 4) is 6.07 Å². The van der Waals surface area contributed by atoms with Gasteiger partial charge in [0.05, 0.1) is 32.3 Å². The molecule has 0 aliphatic carbocycles. The zero-order valence-corrected chi connectivity index (χ0v) is 20.7. The van der Waals surface area contributed by atoms with Gasteiger partial charge < -0.3 is 5.32 Å². The molecule has 0 saturated carbocycles. The summed E-state index contributed by atoms with van der Waals surface area (Å²) in [7, 11) is -3.50. The standard InChI is InChI=1S/C25H26N4O3S2/c1-3-23(25(30)27-19-8-6-7-18(14-19)16-26)33-24-13-17(2)21-15-20(9-10-22(21)28-24)34(31,32)29-11-4-5-12-29/h6-10,13-15,23H,3-5,11-12H2,1-2H3,(H,27,30). The number of nitrogens with one attached hydrogen (secondary N) is 1. The van der Waals surface area contributed by atoms with Crippen molar-refractivity contribution in [1.82, 2.24) is 9.29 Å². The number of nitrogens with zero attached hydrogens (tertiary/aromatic N) is 3. The maximum absolute atomic E-state index is 12.9. The first-order valence-electron chi connectivity index (χ1n) is 11.2. The number of aromatic nitrogens is 1. The number of thioether (sulfide) groups is 1. The molecule has 4 rings (SSSR count). The van der Waals surface area contributed by atoms with Crippen LogP contribution in [0.1, 0.15) is 37.3 Å². The van der Waals surface area contributed by atoms with E-state index in [1.54, 1.807) is 42.5 Å². The van der Waals surface area contributed by atoms with Crippen LogP contribution in [0.25, 0.3) is 10.9 Å². The van der Waals surface area contributed by atoms with E-state index in [0.717, 1.165) is 23.8 Å². The van der Waals surface area contributed by atoms with Crippen molar-refractivity contribution in [3.63, 3.8) is 0 Å². The van der Waals surface area contributed by atoms with Gasteiger partial charge in [0, 0.05) is 24.2 Å². The number of rotatable bonds is 7. The number of anilines is 1. The van der Waals surface area contributed by atoms with Crippen LogP contribution in [-0.2, 0) is 14.8 Å². The molecule has 9 heteroatoms.